The first-order valence-electron chi connectivity index (χ1n) is 4.95. The van der Waals surface area contributed by atoms with E-state index in [4.69, 9.17) is 10.00 Å². The van der Waals surface area contributed by atoms with Crippen molar-refractivity contribution in [2.24, 2.45) is 0 Å². The number of rotatable bonds is 2. The predicted molar refractivity (Wildman–Crippen MR) is 54.2 cm³/mol. The highest BCUT2D eigenvalue weighted by Gasteiger charge is 2.13. The molecular formula is C10H12N4O. The second kappa shape index (κ2) is 4.71. The highest BCUT2D eigenvalue weighted by molar-refractivity contribution is 5.34. The van der Waals surface area contributed by atoms with Crippen LogP contribution in [0.15, 0.2) is 12.4 Å². The van der Waals surface area contributed by atoms with Gasteiger partial charge in [0.15, 0.2) is 5.69 Å². The minimum Gasteiger partial charge on any atom is -0.381 e. The van der Waals surface area contributed by atoms with Gasteiger partial charge in [0.1, 0.15) is 11.9 Å². The molecule has 0 spiro atoms. The van der Waals surface area contributed by atoms with Crippen LogP contribution in [0.2, 0.25) is 0 Å². The average molecular weight is 204 g/mol. The van der Waals surface area contributed by atoms with Crippen LogP contribution in [0.4, 0.5) is 5.82 Å². The first-order chi connectivity index (χ1) is 7.38. The average Bonchev–Trinajstić information content (AvgIpc) is 2.31. The molecule has 0 bridgehead atoms. The summed E-state index contributed by atoms with van der Waals surface area (Å²) in [4.78, 5) is 8.05. The summed E-state index contributed by atoms with van der Waals surface area (Å²) in [7, 11) is 0. The highest BCUT2D eigenvalue weighted by Crippen LogP contribution is 2.12. The van der Waals surface area contributed by atoms with E-state index in [-0.39, 0.29) is 0 Å². The molecule has 15 heavy (non-hydrogen) atoms. The lowest BCUT2D eigenvalue weighted by molar-refractivity contribution is 0.0904. The molecule has 0 unspecified atom stereocenters. The van der Waals surface area contributed by atoms with E-state index in [0.29, 0.717) is 11.7 Å². The van der Waals surface area contributed by atoms with E-state index >= 15 is 0 Å². The van der Waals surface area contributed by atoms with Crippen LogP contribution in [0.5, 0.6) is 0 Å². The lowest BCUT2D eigenvalue weighted by Crippen LogP contribution is -2.28. The van der Waals surface area contributed by atoms with Crippen LogP contribution in [0.25, 0.3) is 0 Å². The smallest absolute Gasteiger partial charge is 0.158 e. The molecule has 1 N–H and O–H groups in total. The Morgan fingerprint density at radius 3 is 2.73 bits per heavy atom. The fourth-order valence-corrected chi connectivity index (χ4v) is 1.51. The van der Waals surface area contributed by atoms with Crippen LogP contribution < -0.4 is 5.32 Å². The van der Waals surface area contributed by atoms with Crippen molar-refractivity contribution in [2.75, 3.05) is 18.5 Å². The topological polar surface area (TPSA) is 70.8 Å². The van der Waals surface area contributed by atoms with E-state index in [0.717, 1.165) is 31.9 Å². The second-order valence-electron chi connectivity index (χ2n) is 3.43. The Balaban J connectivity index is 1.95. The molecule has 5 heteroatoms. The van der Waals surface area contributed by atoms with E-state index in [1.165, 1.54) is 6.20 Å². The Bertz CT molecular complexity index is 351. The Kier molecular flexibility index (Phi) is 3.10. The summed E-state index contributed by atoms with van der Waals surface area (Å²) >= 11 is 0. The lowest BCUT2D eigenvalue weighted by atomic mass is 10.1. The van der Waals surface area contributed by atoms with Gasteiger partial charge in [-0.05, 0) is 12.8 Å². The maximum absolute atomic E-state index is 8.56. The quantitative estimate of drug-likeness (QED) is 0.776. The molecule has 0 radical (unpaired) electrons. The molecule has 2 heterocycles. The van der Waals surface area contributed by atoms with Crippen molar-refractivity contribution < 1.29 is 4.74 Å². The molecule has 1 aromatic rings. The molecule has 0 atom stereocenters. The van der Waals surface area contributed by atoms with Gasteiger partial charge in [0.05, 0.1) is 12.4 Å². The van der Waals surface area contributed by atoms with Gasteiger partial charge in [0.25, 0.3) is 0 Å². The lowest BCUT2D eigenvalue weighted by Gasteiger charge is -2.23. The van der Waals surface area contributed by atoms with Gasteiger partial charge in [-0.2, -0.15) is 5.26 Å². The third-order valence-corrected chi connectivity index (χ3v) is 2.34. The maximum Gasteiger partial charge on any atom is 0.158 e. The number of ether oxygens (including phenoxy) is 1. The normalized spacial score (nSPS) is 17.0. The molecule has 1 fully saturated rings. The van der Waals surface area contributed by atoms with Gasteiger partial charge >= 0.3 is 0 Å². The monoisotopic (exact) mass is 204 g/mol. The van der Waals surface area contributed by atoms with Crippen molar-refractivity contribution in [3.05, 3.63) is 18.1 Å². The highest BCUT2D eigenvalue weighted by atomic mass is 16.5. The van der Waals surface area contributed by atoms with Gasteiger partial charge in [-0.1, -0.05) is 0 Å². The Morgan fingerprint density at radius 2 is 2.13 bits per heavy atom. The first-order valence-corrected chi connectivity index (χ1v) is 4.95. The van der Waals surface area contributed by atoms with Crippen LogP contribution in [-0.4, -0.2) is 29.2 Å². The standard InChI is InChI=1S/C10H12N4O/c11-5-9-6-13-10(7-12-9)14-8-1-3-15-4-2-8/h6-8H,1-4H2,(H,13,14). The molecular weight excluding hydrogens is 192 g/mol. The summed E-state index contributed by atoms with van der Waals surface area (Å²) in [5.74, 6) is 0.723. The largest absolute Gasteiger partial charge is 0.381 e. The van der Waals surface area contributed by atoms with Crippen molar-refractivity contribution in [1.29, 1.82) is 5.26 Å². The van der Waals surface area contributed by atoms with Gasteiger partial charge in [0.2, 0.25) is 0 Å². The van der Waals surface area contributed by atoms with Crippen molar-refractivity contribution in [3.8, 4) is 6.07 Å². The van der Waals surface area contributed by atoms with Gasteiger partial charge in [-0.15, -0.1) is 0 Å². The van der Waals surface area contributed by atoms with E-state index in [1.54, 1.807) is 6.20 Å². The van der Waals surface area contributed by atoms with Crippen molar-refractivity contribution in [1.82, 2.24) is 9.97 Å². The number of anilines is 1. The van der Waals surface area contributed by atoms with E-state index in [9.17, 15) is 0 Å². The van der Waals surface area contributed by atoms with Gasteiger partial charge in [-0.25, -0.2) is 9.97 Å². The SMILES string of the molecule is N#Cc1cnc(NC2CCOCC2)cn1. The molecule has 2 rings (SSSR count). The molecule has 1 aliphatic heterocycles. The number of aromatic nitrogens is 2. The van der Waals surface area contributed by atoms with Crippen molar-refractivity contribution in [3.63, 3.8) is 0 Å². The summed E-state index contributed by atoms with van der Waals surface area (Å²) in [6.07, 6.45) is 5.04. The Morgan fingerprint density at radius 1 is 1.33 bits per heavy atom. The van der Waals surface area contributed by atoms with Crippen LogP contribution >= 0.6 is 0 Å². The number of nitrogens with zero attached hydrogens (tertiary/aromatic N) is 3. The molecule has 5 nitrogen and oxygen atoms in total. The van der Waals surface area contributed by atoms with Crippen molar-refractivity contribution in [2.45, 2.75) is 18.9 Å². The predicted octanol–water partition coefficient (Wildman–Crippen LogP) is 0.939. The second-order valence-corrected chi connectivity index (χ2v) is 3.43. The number of nitrogens with one attached hydrogen (secondary N) is 1. The van der Waals surface area contributed by atoms with Gasteiger partial charge < -0.3 is 10.1 Å². The molecule has 0 saturated carbocycles. The fraction of sp³-hybridized carbons (Fsp3) is 0.500. The molecule has 78 valence electrons. The minimum atomic E-state index is 0.340. The fourth-order valence-electron chi connectivity index (χ4n) is 1.51. The molecule has 1 aliphatic rings. The van der Waals surface area contributed by atoms with Crippen molar-refractivity contribution >= 4 is 5.82 Å². The Labute approximate surface area is 88.1 Å². The third-order valence-electron chi connectivity index (χ3n) is 2.34. The van der Waals surface area contributed by atoms with E-state index in [1.807, 2.05) is 6.07 Å². The minimum absolute atomic E-state index is 0.340. The summed E-state index contributed by atoms with van der Waals surface area (Å²) < 4.78 is 5.25. The summed E-state index contributed by atoms with van der Waals surface area (Å²) in [5.41, 5.74) is 0.340. The summed E-state index contributed by atoms with van der Waals surface area (Å²) in [5, 5.41) is 11.8. The molecule has 1 saturated heterocycles. The van der Waals surface area contributed by atoms with Crippen LogP contribution in [0, 0.1) is 11.3 Å². The van der Waals surface area contributed by atoms with Crippen LogP contribution in [-0.2, 0) is 4.74 Å². The Hall–Kier alpha value is -1.67. The molecule has 0 amide bonds. The first kappa shape index (κ1) is 9.87. The molecule has 1 aromatic heterocycles. The zero-order valence-electron chi connectivity index (χ0n) is 8.31. The van der Waals surface area contributed by atoms with Gasteiger partial charge in [-0.3, -0.25) is 0 Å². The number of hydrogen-bond acceptors (Lipinski definition) is 5. The number of nitriles is 1. The molecule has 0 aromatic carbocycles. The third kappa shape index (κ3) is 2.64. The zero-order chi connectivity index (χ0) is 10.5. The maximum atomic E-state index is 8.56. The van der Waals surface area contributed by atoms with Crippen LogP contribution in [0.3, 0.4) is 0 Å². The molecule has 0 aliphatic carbocycles. The number of hydrogen-bond donors (Lipinski definition) is 1. The van der Waals surface area contributed by atoms with Gasteiger partial charge in [0, 0.05) is 19.3 Å². The zero-order valence-corrected chi connectivity index (χ0v) is 8.31. The van der Waals surface area contributed by atoms with E-state index in [2.05, 4.69) is 15.3 Å². The summed E-state index contributed by atoms with van der Waals surface area (Å²) in [6.45, 7) is 1.59. The summed E-state index contributed by atoms with van der Waals surface area (Å²) in [6, 6.07) is 2.34. The van der Waals surface area contributed by atoms with E-state index < -0.39 is 0 Å². The van der Waals surface area contributed by atoms with Crippen LogP contribution in [0.1, 0.15) is 18.5 Å².